The number of nitro groups is 2. The standard InChI is InChI=1S/C16H23N3O6/c1-3-6-17(7-4-2)15-13(18(20)21)10-12(11-14(15)19(22)23)16-24-8-5-9-25-16/h10-11,16H,3-9H2,1-2H3. The van der Waals surface area contributed by atoms with E-state index in [1.807, 2.05) is 13.8 Å². The number of anilines is 1. The second-order valence-corrected chi connectivity index (χ2v) is 5.84. The van der Waals surface area contributed by atoms with Gasteiger partial charge in [0.2, 0.25) is 0 Å². The van der Waals surface area contributed by atoms with E-state index in [0.717, 1.165) is 19.3 Å². The molecule has 1 aliphatic heterocycles. The lowest BCUT2D eigenvalue weighted by molar-refractivity contribution is -0.393. The number of nitro benzene ring substituents is 2. The lowest BCUT2D eigenvalue weighted by atomic mass is 10.1. The summed E-state index contributed by atoms with van der Waals surface area (Å²) in [5.41, 5.74) is -0.221. The second-order valence-electron chi connectivity index (χ2n) is 5.84. The zero-order chi connectivity index (χ0) is 18.4. The first-order valence-electron chi connectivity index (χ1n) is 8.44. The van der Waals surface area contributed by atoms with E-state index in [9.17, 15) is 20.2 Å². The fraction of sp³-hybridized carbons (Fsp3) is 0.625. The molecule has 138 valence electrons. The molecule has 0 aliphatic carbocycles. The van der Waals surface area contributed by atoms with Crippen molar-refractivity contribution in [2.24, 2.45) is 0 Å². The third kappa shape index (κ3) is 4.43. The molecule has 1 aromatic rings. The van der Waals surface area contributed by atoms with Crippen molar-refractivity contribution in [1.29, 1.82) is 0 Å². The van der Waals surface area contributed by atoms with Crippen LogP contribution in [0.15, 0.2) is 12.1 Å². The summed E-state index contributed by atoms with van der Waals surface area (Å²) in [6.45, 7) is 5.77. The molecular formula is C16H23N3O6. The third-order valence-electron chi connectivity index (χ3n) is 3.89. The lowest BCUT2D eigenvalue weighted by Gasteiger charge is -2.26. The maximum absolute atomic E-state index is 11.6. The first-order valence-corrected chi connectivity index (χ1v) is 8.44. The van der Waals surface area contributed by atoms with E-state index in [2.05, 4.69) is 0 Å². The highest BCUT2D eigenvalue weighted by molar-refractivity contribution is 5.76. The molecule has 9 nitrogen and oxygen atoms in total. The Morgan fingerprint density at radius 1 is 1.04 bits per heavy atom. The molecule has 0 unspecified atom stereocenters. The number of ether oxygens (including phenoxy) is 2. The van der Waals surface area contributed by atoms with E-state index in [-0.39, 0.29) is 17.1 Å². The highest BCUT2D eigenvalue weighted by Gasteiger charge is 2.33. The first-order chi connectivity index (χ1) is 12.0. The SMILES string of the molecule is CCCN(CCC)c1c([N+](=O)[O-])cc(C2OCCCO2)cc1[N+](=O)[O-]. The van der Waals surface area contributed by atoms with Gasteiger partial charge in [0.1, 0.15) is 0 Å². The van der Waals surface area contributed by atoms with Crippen molar-refractivity contribution < 1.29 is 19.3 Å². The molecule has 1 aromatic carbocycles. The number of rotatable bonds is 8. The van der Waals surface area contributed by atoms with Gasteiger partial charge in [-0.25, -0.2) is 0 Å². The Labute approximate surface area is 145 Å². The van der Waals surface area contributed by atoms with Gasteiger partial charge in [0.15, 0.2) is 12.0 Å². The van der Waals surface area contributed by atoms with Crippen LogP contribution < -0.4 is 4.90 Å². The van der Waals surface area contributed by atoms with Gasteiger partial charge >= 0.3 is 0 Å². The number of hydrogen-bond acceptors (Lipinski definition) is 7. The van der Waals surface area contributed by atoms with Crippen molar-refractivity contribution in [3.8, 4) is 0 Å². The largest absolute Gasteiger partial charge is 0.360 e. The zero-order valence-corrected chi connectivity index (χ0v) is 14.5. The molecule has 9 heteroatoms. The van der Waals surface area contributed by atoms with Gasteiger partial charge in [-0.15, -0.1) is 0 Å². The van der Waals surface area contributed by atoms with E-state index in [4.69, 9.17) is 9.47 Å². The first kappa shape index (κ1) is 19.1. The van der Waals surface area contributed by atoms with Gasteiger partial charge in [-0.3, -0.25) is 20.2 Å². The van der Waals surface area contributed by atoms with Crippen molar-refractivity contribution in [3.63, 3.8) is 0 Å². The summed E-state index contributed by atoms with van der Waals surface area (Å²) in [7, 11) is 0. The van der Waals surface area contributed by atoms with Crippen LogP contribution in [0.3, 0.4) is 0 Å². The summed E-state index contributed by atoms with van der Waals surface area (Å²) in [4.78, 5) is 23.8. The molecule has 0 amide bonds. The van der Waals surface area contributed by atoms with Gasteiger partial charge < -0.3 is 14.4 Å². The smallest absolute Gasteiger partial charge is 0.300 e. The van der Waals surface area contributed by atoms with E-state index in [0.29, 0.717) is 31.9 Å². The minimum atomic E-state index is -0.814. The summed E-state index contributed by atoms with van der Waals surface area (Å²) < 4.78 is 10.9. The Hall–Kier alpha value is -2.26. The lowest BCUT2D eigenvalue weighted by Crippen LogP contribution is -2.27. The van der Waals surface area contributed by atoms with Gasteiger partial charge in [0.25, 0.3) is 11.4 Å². The maximum atomic E-state index is 11.6. The minimum Gasteiger partial charge on any atom is -0.360 e. The fourth-order valence-corrected chi connectivity index (χ4v) is 2.92. The van der Waals surface area contributed by atoms with Crippen molar-refractivity contribution in [2.45, 2.75) is 39.4 Å². The van der Waals surface area contributed by atoms with E-state index < -0.39 is 16.1 Å². The van der Waals surface area contributed by atoms with Crippen molar-refractivity contribution in [3.05, 3.63) is 37.9 Å². The fourth-order valence-electron chi connectivity index (χ4n) is 2.92. The molecule has 2 rings (SSSR count). The highest BCUT2D eigenvalue weighted by Crippen LogP contribution is 2.41. The van der Waals surface area contributed by atoms with Crippen LogP contribution in [0.25, 0.3) is 0 Å². The molecule has 0 radical (unpaired) electrons. The van der Waals surface area contributed by atoms with Crippen molar-refractivity contribution >= 4 is 17.1 Å². The molecule has 0 aromatic heterocycles. The van der Waals surface area contributed by atoms with Crippen LogP contribution in [-0.2, 0) is 9.47 Å². The van der Waals surface area contributed by atoms with Gasteiger partial charge in [-0.2, -0.15) is 0 Å². The molecule has 0 atom stereocenters. The average Bonchev–Trinajstić information content (AvgIpc) is 2.61. The molecule has 1 fully saturated rings. The van der Waals surface area contributed by atoms with E-state index in [1.165, 1.54) is 12.1 Å². The Morgan fingerprint density at radius 2 is 1.52 bits per heavy atom. The van der Waals surface area contributed by atoms with Gasteiger partial charge in [0, 0.05) is 30.8 Å². The van der Waals surface area contributed by atoms with Crippen molar-refractivity contribution in [2.75, 3.05) is 31.2 Å². The Balaban J connectivity index is 2.59. The van der Waals surface area contributed by atoms with Crippen molar-refractivity contribution in [1.82, 2.24) is 0 Å². The quantitative estimate of drug-likeness (QED) is 0.519. The predicted octanol–water partition coefficient (Wildman–Crippen LogP) is 3.56. The van der Waals surface area contributed by atoms with Crippen LogP contribution >= 0.6 is 0 Å². The van der Waals surface area contributed by atoms with E-state index >= 15 is 0 Å². The number of nitrogens with zero attached hydrogens (tertiary/aromatic N) is 3. The maximum Gasteiger partial charge on any atom is 0.300 e. The van der Waals surface area contributed by atoms with Crippen LogP contribution in [0.5, 0.6) is 0 Å². The van der Waals surface area contributed by atoms with Gasteiger partial charge in [-0.05, 0) is 19.3 Å². The van der Waals surface area contributed by atoms with Gasteiger partial charge in [0.05, 0.1) is 23.1 Å². The summed E-state index contributed by atoms with van der Waals surface area (Å²) in [5.74, 6) is 0. The molecule has 0 N–H and O–H groups in total. The van der Waals surface area contributed by atoms with Crippen LogP contribution in [-0.4, -0.2) is 36.1 Å². The molecule has 0 bridgehead atoms. The molecular weight excluding hydrogens is 330 g/mol. The Kier molecular flexibility index (Phi) is 6.65. The highest BCUT2D eigenvalue weighted by atomic mass is 16.7. The minimum absolute atomic E-state index is 0.0539. The topological polar surface area (TPSA) is 108 Å². The van der Waals surface area contributed by atoms with Crippen LogP contribution in [0.4, 0.5) is 17.1 Å². The van der Waals surface area contributed by atoms with Crippen LogP contribution in [0.1, 0.15) is 45.0 Å². The second kappa shape index (κ2) is 8.72. The molecule has 1 aliphatic rings. The molecule has 1 saturated heterocycles. The predicted molar refractivity (Wildman–Crippen MR) is 91.8 cm³/mol. The summed E-state index contributed by atoms with van der Waals surface area (Å²) >= 11 is 0. The Morgan fingerprint density at radius 3 is 1.92 bits per heavy atom. The number of hydrogen-bond donors (Lipinski definition) is 0. The monoisotopic (exact) mass is 353 g/mol. The zero-order valence-electron chi connectivity index (χ0n) is 14.5. The summed E-state index contributed by atoms with van der Waals surface area (Å²) in [6, 6.07) is 2.66. The molecule has 0 spiro atoms. The summed E-state index contributed by atoms with van der Waals surface area (Å²) in [5, 5.41) is 23.2. The van der Waals surface area contributed by atoms with Crippen LogP contribution in [0.2, 0.25) is 0 Å². The van der Waals surface area contributed by atoms with Gasteiger partial charge in [-0.1, -0.05) is 13.8 Å². The molecule has 25 heavy (non-hydrogen) atoms. The molecule has 0 saturated carbocycles. The normalized spacial score (nSPS) is 15.1. The summed E-state index contributed by atoms with van der Waals surface area (Å²) in [6.07, 6.45) is 1.36. The molecule has 1 heterocycles. The Bertz CT molecular complexity index is 589. The number of benzene rings is 1. The average molecular weight is 353 g/mol. The third-order valence-corrected chi connectivity index (χ3v) is 3.89. The van der Waals surface area contributed by atoms with Crippen LogP contribution in [0, 0.1) is 20.2 Å². The van der Waals surface area contributed by atoms with E-state index in [1.54, 1.807) is 4.90 Å².